The first kappa shape index (κ1) is 20.1. The molecule has 0 spiro atoms. The van der Waals surface area contributed by atoms with Gasteiger partial charge in [-0.1, -0.05) is 43.5 Å². The zero-order valence-corrected chi connectivity index (χ0v) is 17.7. The van der Waals surface area contributed by atoms with Crippen molar-refractivity contribution in [2.45, 2.75) is 63.4 Å². The van der Waals surface area contributed by atoms with E-state index in [0.717, 1.165) is 62.6 Å². The van der Waals surface area contributed by atoms with Crippen LogP contribution in [0.15, 0.2) is 36.7 Å². The molecule has 1 aromatic heterocycles. The molecule has 2 fully saturated rings. The highest BCUT2D eigenvalue weighted by Gasteiger charge is 2.45. The van der Waals surface area contributed by atoms with E-state index < -0.39 is 5.41 Å². The van der Waals surface area contributed by atoms with Crippen LogP contribution in [0, 0.1) is 0 Å². The van der Waals surface area contributed by atoms with E-state index >= 15 is 0 Å². The molecule has 2 aliphatic rings. The number of aryl methyl sites for hydroxylation is 1. The maximum Gasteiger partial charge on any atom is 0.316 e. The van der Waals surface area contributed by atoms with Crippen LogP contribution in [-0.4, -0.2) is 40.0 Å². The Balaban J connectivity index is 1.48. The van der Waals surface area contributed by atoms with Gasteiger partial charge in [0.1, 0.15) is 6.10 Å². The van der Waals surface area contributed by atoms with Crippen LogP contribution in [0.3, 0.4) is 0 Å². The molecule has 4 rings (SSSR count). The normalized spacial score (nSPS) is 21.2. The number of hydrogen-bond donors (Lipinski definition) is 0. The maximum atomic E-state index is 13.7. The van der Waals surface area contributed by atoms with Crippen LogP contribution in [0.5, 0.6) is 6.01 Å². The first-order chi connectivity index (χ1) is 14.1. The lowest BCUT2D eigenvalue weighted by molar-refractivity contribution is -0.140. The monoisotopic (exact) mass is 413 g/mol. The Morgan fingerprint density at radius 2 is 1.86 bits per heavy atom. The third-order valence-electron chi connectivity index (χ3n) is 6.29. The van der Waals surface area contributed by atoms with Crippen molar-refractivity contribution in [2.24, 2.45) is 0 Å². The molecule has 1 saturated heterocycles. The summed E-state index contributed by atoms with van der Waals surface area (Å²) in [5.41, 5.74) is 1.75. The Hall–Kier alpha value is -2.14. The third-order valence-corrected chi connectivity index (χ3v) is 6.54. The average Bonchev–Trinajstić information content (AvgIpc) is 3.25. The number of aromatic nitrogens is 2. The SMILES string of the molecule is CCc1cnc(OC2CCCN(C(=O)C3(c4ccc(Cl)cc4)CCCC3)C2)nc1. The predicted molar refractivity (Wildman–Crippen MR) is 113 cm³/mol. The number of hydrogen-bond acceptors (Lipinski definition) is 4. The molecular weight excluding hydrogens is 386 g/mol. The van der Waals surface area contributed by atoms with E-state index in [-0.39, 0.29) is 12.0 Å². The molecule has 0 radical (unpaired) electrons. The van der Waals surface area contributed by atoms with Gasteiger partial charge in [-0.3, -0.25) is 4.79 Å². The lowest BCUT2D eigenvalue weighted by Gasteiger charge is -2.39. The van der Waals surface area contributed by atoms with Crippen molar-refractivity contribution < 1.29 is 9.53 Å². The molecule has 154 valence electrons. The molecule has 2 heterocycles. The molecule has 1 unspecified atom stereocenters. The Kier molecular flexibility index (Phi) is 6.04. The topological polar surface area (TPSA) is 55.3 Å². The van der Waals surface area contributed by atoms with Crippen molar-refractivity contribution >= 4 is 17.5 Å². The van der Waals surface area contributed by atoms with Crippen LogP contribution in [0.1, 0.15) is 56.6 Å². The number of amides is 1. The summed E-state index contributed by atoms with van der Waals surface area (Å²) in [6, 6.07) is 8.22. The molecule has 1 aliphatic carbocycles. The van der Waals surface area contributed by atoms with Crippen molar-refractivity contribution in [3.63, 3.8) is 0 Å². The lowest BCUT2D eigenvalue weighted by atomic mass is 9.77. The second-order valence-corrected chi connectivity index (χ2v) is 8.59. The summed E-state index contributed by atoms with van der Waals surface area (Å²) in [4.78, 5) is 24.3. The summed E-state index contributed by atoms with van der Waals surface area (Å²) in [7, 11) is 0. The Morgan fingerprint density at radius 3 is 2.52 bits per heavy atom. The van der Waals surface area contributed by atoms with Gasteiger partial charge in [0, 0.05) is 24.0 Å². The van der Waals surface area contributed by atoms with E-state index in [0.29, 0.717) is 17.6 Å². The standard InChI is InChI=1S/C23H28ClN3O2/c1-2-17-14-25-22(26-15-17)29-20-6-5-13-27(16-20)21(28)23(11-3-4-12-23)18-7-9-19(24)10-8-18/h7-10,14-15,20H,2-6,11-13,16H2,1H3. The zero-order chi connectivity index (χ0) is 20.3. The number of likely N-dealkylation sites (tertiary alicyclic amines) is 1. The number of carbonyl (C=O) groups excluding carboxylic acids is 1. The van der Waals surface area contributed by atoms with Crippen LogP contribution in [-0.2, 0) is 16.6 Å². The highest BCUT2D eigenvalue weighted by molar-refractivity contribution is 6.30. The van der Waals surface area contributed by atoms with Gasteiger partial charge >= 0.3 is 6.01 Å². The highest BCUT2D eigenvalue weighted by Crippen LogP contribution is 2.43. The molecule has 1 amide bonds. The van der Waals surface area contributed by atoms with Gasteiger partial charge in [-0.2, -0.15) is 0 Å². The fourth-order valence-electron chi connectivity index (χ4n) is 4.63. The minimum Gasteiger partial charge on any atom is -0.458 e. The van der Waals surface area contributed by atoms with Crippen molar-refractivity contribution in [1.29, 1.82) is 0 Å². The van der Waals surface area contributed by atoms with Gasteiger partial charge < -0.3 is 9.64 Å². The van der Waals surface area contributed by atoms with Crippen LogP contribution in [0.4, 0.5) is 0 Å². The van der Waals surface area contributed by atoms with E-state index in [1.54, 1.807) is 0 Å². The molecule has 5 nitrogen and oxygen atoms in total. The third kappa shape index (κ3) is 4.25. The van der Waals surface area contributed by atoms with Gasteiger partial charge in [0.15, 0.2) is 0 Å². The van der Waals surface area contributed by atoms with Gasteiger partial charge in [-0.25, -0.2) is 9.97 Å². The lowest BCUT2D eigenvalue weighted by Crippen LogP contribution is -2.51. The quantitative estimate of drug-likeness (QED) is 0.720. The molecule has 29 heavy (non-hydrogen) atoms. The van der Waals surface area contributed by atoms with E-state index in [9.17, 15) is 4.79 Å². The maximum absolute atomic E-state index is 13.7. The van der Waals surface area contributed by atoms with Gasteiger partial charge in [0.2, 0.25) is 5.91 Å². The first-order valence-corrected chi connectivity index (χ1v) is 11.0. The van der Waals surface area contributed by atoms with Crippen molar-refractivity contribution in [3.8, 4) is 6.01 Å². The van der Waals surface area contributed by atoms with Crippen molar-refractivity contribution in [1.82, 2.24) is 14.9 Å². The van der Waals surface area contributed by atoms with E-state index in [1.807, 2.05) is 41.6 Å². The molecule has 1 saturated carbocycles. The predicted octanol–water partition coefficient (Wildman–Crippen LogP) is 4.57. The number of benzene rings is 1. The summed E-state index contributed by atoms with van der Waals surface area (Å²) in [5, 5.41) is 0.704. The van der Waals surface area contributed by atoms with Crippen molar-refractivity contribution in [3.05, 3.63) is 52.8 Å². The van der Waals surface area contributed by atoms with Gasteiger partial charge in [0.05, 0.1) is 12.0 Å². The van der Waals surface area contributed by atoms with Crippen LogP contribution < -0.4 is 4.74 Å². The molecule has 2 aromatic rings. The van der Waals surface area contributed by atoms with Crippen LogP contribution in [0.2, 0.25) is 5.02 Å². The summed E-state index contributed by atoms with van der Waals surface area (Å²) >= 11 is 6.08. The van der Waals surface area contributed by atoms with E-state index in [4.69, 9.17) is 16.3 Å². The molecule has 1 atom stereocenters. The fourth-order valence-corrected chi connectivity index (χ4v) is 4.76. The Labute approximate surface area is 177 Å². The second-order valence-electron chi connectivity index (χ2n) is 8.16. The van der Waals surface area contributed by atoms with Gasteiger partial charge in [-0.05, 0) is 55.4 Å². The van der Waals surface area contributed by atoms with Gasteiger partial charge in [-0.15, -0.1) is 0 Å². The molecule has 6 heteroatoms. The Bertz CT molecular complexity index is 832. The van der Waals surface area contributed by atoms with Crippen LogP contribution in [0.25, 0.3) is 0 Å². The summed E-state index contributed by atoms with van der Waals surface area (Å²) in [6.45, 7) is 3.44. The summed E-state index contributed by atoms with van der Waals surface area (Å²) in [6.07, 6.45) is 10.3. The highest BCUT2D eigenvalue weighted by atomic mass is 35.5. The fraction of sp³-hybridized carbons (Fsp3) is 0.522. The minimum atomic E-state index is -0.425. The smallest absolute Gasteiger partial charge is 0.316 e. The second kappa shape index (κ2) is 8.70. The molecule has 1 aromatic carbocycles. The van der Waals surface area contributed by atoms with Crippen molar-refractivity contribution in [2.75, 3.05) is 13.1 Å². The zero-order valence-electron chi connectivity index (χ0n) is 16.9. The summed E-state index contributed by atoms with van der Waals surface area (Å²) < 4.78 is 6.02. The van der Waals surface area contributed by atoms with E-state index in [1.165, 1.54) is 0 Å². The molecule has 0 bridgehead atoms. The minimum absolute atomic E-state index is 0.0659. The number of rotatable bonds is 5. The largest absolute Gasteiger partial charge is 0.458 e. The molecular formula is C23H28ClN3O2. The first-order valence-electron chi connectivity index (χ1n) is 10.6. The number of piperidine rings is 1. The molecule has 1 aliphatic heterocycles. The average molecular weight is 414 g/mol. The number of carbonyl (C=O) groups is 1. The van der Waals surface area contributed by atoms with Crippen LogP contribution >= 0.6 is 11.6 Å². The number of ether oxygens (including phenoxy) is 1. The Morgan fingerprint density at radius 1 is 1.17 bits per heavy atom. The van der Waals surface area contributed by atoms with Gasteiger partial charge in [0.25, 0.3) is 0 Å². The summed E-state index contributed by atoms with van der Waals surface area (Å²) in [5.74, 6) is 0.230. The number of halogens is 1. The number of nitrogens with zero attached hydrogens (tertiary/aromatic N) is 3. The molecule has 0 N–H and O–H groups in total. The van der Waals surface area contributed by atoms with E-state index in [2.05, 4.69) is 16.9 Å².